The molecule has 0 spiro atoms. The van der Waals surface area contributed by atoms with Gasteiger partial charge in [-0.2, -0.15) is 5.10 Å². The molecule has 0 aliphatic rings. The Kier molecular flexibility index (Phi) is 4.19. The summed E-state index contributed by atoms with van der Waals surface area (Å²) in [5, 5.41) is 6.78. The molecule has 1 heterocycles. The van der Waals surface area contributed by atoms with Crippen molar-refractivity contribution in [3.05, 3.63) is 40.0 Å². The van der Waals surface area contributed by atoms with Gasteiger partial charge in [-0.05, 0) is 46.5 Å². The molecule has 2 N–H and O–H groups in total. The van der Waals surface area contributed by atoms with Crippen LogP contribution in [0.3, 0.4) is 0 Å². The van der Waals surface area contributed by atoms with E-state index < -0.39 is 10.0 Å². The predicted octanol–water partition coefficient (Wildman–Crippen LogP) is 3.40. The van der Waals surface area contributed by atoms with Crippen LogP contribution in [0.25, 0.3) is 0 Å². The van der Waals surface area contributed by atoms with E-state index in [0.717, 1.165) is 11.3 Å². The standard InChI is InChI=1S/C13H16BrN3O2S/c1-8(2)11-7-13(16-15-11)17-20(18,19)12-5-4-9(3)6-10(12)14/h4-8H,1-3H3,(H2,15,16,17). The molecule has 0 unspecified atom stereocenters. The molecule has 108 valence electrons. The van der Waals surface area contributed by atoms with Crippen LogP contribution in [-0.4, -0.2) is 18.6 Å². The van der Waals surface area contributed by atoms with E-state index in [4.69, 9.17) is 0 Å². The van der Waals surface area contributed by atoms with Crippen molar-refractivity contribution in [1.29, 1.82) is 0 Å². The fraction of sp³-hybridized carbons (Fsp3) is 0.308. The zero-order chi connectivity index (χ0) is 14.9. The van der Waals surface area contributed by atoms with Crippen LogP contribution in [0.5, 0.6) is 0 Å². The van der Waals surface area contributed by atoms with Gasteiger partial charge >= 0.3 is 0 Å². The Labute approximate surface area is 127 Å². The zero-order valence-corrected chi connectivity index (χ0v) is 13.8. The van der Waals surface area contributed by atoms with E-state index in [1.54, 1.807) is 24.3 Å². The minimum Gasteiger partial charge on any atom is -0.280 e. The number of rotatable bonds is 4. The summed E-state index contributed by atoms with van der Waals surface area (Å²) in [7, 11) is -3.65. The predicted molar refractivity (Wildman–Crippen MR) is 82.4 cm³/mol. The highest BCUT2D eigenvalue weighted by molar-refractivity contribution is 9.10. The molecule has 0 aliphatic carbocycles. The Morgan fingerprint density at radius 2 is 2.00 bits per heavy atom. The topological polar surface area (TPSA) is 74.8 Å². The summed E-state index contributed by atoms with van der Waals surface area (Å²) in [6.07, 6.45) is 0. The first-order valence-electron chi connectivity index (χ1n) is 6.14. The number of hydrogen-bond donors (Lipinski definition) is 2. The molecular weight excluding hydrogens is 342 g/mol. The Balaban J connectivity index is 2.30. The maximum Gasteiger partial charge on any atom is 0.264 e. The first-order valence-corrected chi connectivity index (χ1v) is 8.41. The normalized spacial score (nSPS) is 11.8. The van der Waals surface area contributed by atoms with Crippen molar-refractivity contribution in [1.82, 2.24) is 10.2 Å². The molecule has 0 bridgehead atoms. The van der Waals surface area contributed by atoms with Gasteiger partial charge in [-0.25, -0.2) is 8.42 Å². The second-order valence-corrected chi connectivity index (χ2v) is 7.41. The number of aromatic nitrogens is 2. The van der Waals surface area contributed by atoms with Crippen molar-refractivity contribution in [2.24, 2.45) is 0 Å². The van der Waals surface area contributed by atoms with Crippen LogP contribution in [0.4, 0.5) is 5.82 Å². The van der Waals surface area contributed by atoms with Crippen molar-refractivity contribution in [2.45, 2.75) is 31.6 Å². The molecule has 1 aromatic carbocycles. The fourth-order valence-corrected chi connectivity index (χ4v) is 3.89. The number of H-pyrrole nitrogens is 1. The van der Waals surface area contributed by atoms with Gasteiger partial charge in [-0.3, -0.25) is 9.82 Å². The van der Waals surface area contributed by atoms with Crippen LogP contribution in [0.15, 0.2) is 33.6 Å². The molecular formula is C13H16BrN3O2S. The van der Waals surface area contributed by atoms with E-state index in [9.17, 15) is 8.42 Å². The molecule has 0 fully saturated rings. The van der Waals surface area contributed by atoms with Gasteiger partial charge in [0.05, 0.1) is 0 Å². The van der Waals surface area contributed by atoms with Crippen molar-refractivity contribution in [3.63, 3.8) is 0 Å². The van der Waals surface area contributed by atoms with Crippen molar-refractivity contribution >= 4 is 31.8 Å². The lowest BCUT2D eigenvalue weighted by atomic mass is 10.1. The number of nitrogens with one attached hydrogen (secondary N) is 2. The number of halogens is 1. The molecule has 0 saturated carbocycles. The summed E-state index contributed by atoms with van der Waals surface area (Å²) in [6, 6.07) is 6.78. The maximum atomic E-state index is 12.3. The highest BCUT2D eigenvalue weighted by Crippen LogP contribution is 2.25. The lowest BCUT2D eigenvalue weighted by Gasteiger charge is -2.07. The largest absolute Gasteiger partial charge is 0.280 e. The number of benzene rings is 1. The number of sulfonamides is 1. The Bertz CT molecular complexity index is 723. The van der Waals surface area contributed by atoms with Crippen LogP contribution < -0.4 is 4.72 Å². The van der Waals surface area contributed by atoms with E-state index in [1.165, 1.54) is 0 Å². The van der Waals surface area contributed by atoms with Crippen molar-refractivity contribution in [3.8, 4) is 0 Å². The zero-order valence-electron chi connectivity index (χ0n) is 11.4. The average Bonchev–Trinajstić information content (AvgIpc) is 2.76. The van der Waals surface area contributed by atoms with Gasteiger partial charge in [0.25, 0.3) is 10.0 Å². The summed E-state index contributed by atoms with van der Waals surface area (Å²) in [4.78, 5) is 0.192. The number of hydrogen-bond acceptors (Lipinski definition) is 3. The minimum atomic E-state index is -3.65. The fourth-order valence-electron chi connectivity index (χ4n) is 1.70. The monoisotopic (exact) mass is 357 g/mol. The molecule has 20 heavy (non-hydrogen) atoms. The summed E-state index contributed by atoms with van der Waals surface area (Å²) < 4.78 is 27.6. The average molecular weight is 358 g/mol. The lowest BCUT2D eigenvalue weighted by Crippen LogP contribution is -2.13. The number of aromatic amines is 1. The highest BCUT2D eigenvalue weighted by Gasteiger charge is 2.19. The molecule has 0 atom stereocenters. The van der Waals surface area contributed by atoms with Crippen molar-refractivity contribution in [2.75, 3.05) is 4.72 Å². The molecule has 1 aromatic heterocycles. The summed E-state index contributed by atoms with van der Waals surface area (Å²) >= 11 is 3.28. The number of aryl methyl sites for hydroxylation is 1. The van der Waals surface area contributed by atoms with E-state index in [0.29, 0.717) is 10.3 Å². The molecule has 0 amide bonds. The highest BCUT2D eigenvalue weighted by atomic mass is 79.9. The molecule has 0 aliphatic heterocycles. The van der Waals surface area contributed by atoms with Gasteiger partial charge in [0.15, 0.2) is 5.82 Å². The number of anilines is 1. The van der Waals surface area contributed by atoms with Crippen LogP contribution in [0, 0.1) is 6.92 Å². The van der Waals surface area contributed by atoms with Gasteiger partial charge < -0.3 is 0 Å². The van der Waals surface area contributed by atoms with Crippen molar-refractivity contribution < 1.29 is 8.42 Å². The van der Waals surface area contributed by atoms with Crippen LogP contribution in [-0.2, 0) is 10.0 Å². The maximum absolute atomic E-state index is 12.3. The van der Waals surface area contributed by atoms with Gasteiger partial charge in [0.2, 0.25) is 0 Å². The summed E-state index contributed by atoms with van der Waals surface area (Å²) in [6.45, 7) is 5.90. The van der Waals surface area contributed by atoms with Crippen LogP contribution in [0.1, 0.15) is 31.0 Å². The van der Waals surface area contributed by atoms with Gasteiger partial charge in [-0.1, -0.05) is 19.9 Å². The van der Waals surface area contributed by atoms with Gasteiger partial charge in [-0.15, -0.1) is 0 Å². The minimum absolute atomic E-state index is 0.192. The summed E-state index contributed by atoms with van der Waals surface area (Å²) in [5.74, 6) is 0.549. The van der Waals surface area contributed by atoms with E-state index in [1.807, 2.05) is 20.8 Å². The molecule has 7 heteroatoms. The Morgan fingerprint density at radius 3 is 2.55 bits per heavy atom. The Morgan fingerprint density at radius 1 is 1.30 bits per heavy atom. The number of nitrogens with zero attached hydrogens (tertiary/aromatic N) is 1. The first-order chi connectivity index (χ1) is 9.29. The molecule has 2 rings (SSSR count). The molecule has 0 saturated heterocycles. The summed E-state index contributed by atoms with van der Waals surface area (Å²) in [5.41, 5.74) is 1.86. The molecule has 5 nitrogen and oxygen atoms in total. The van der Waals surface area contributed by atoms with E-state index >= 15 is 0 Å². The lowest BCUT2D eigenvalue weighted by molar-refractivity contribution is 0.600. The SMILES string of the molecule is Cc1ccc(S(=O)(=O)Nc2cc(C(C)C)[nH]n2)c(Br)c1. The van der Waals surface area contributed by atoms with E-state index in [-0.39, 0.29) is 10.8 Å². The van der Waals surface area contributed by atoms with Gasteiger partial charge in [0.1, 0.15) is 4.90 Å². The second-order valence-electron chi connectivity index (χ2n) is 4.90. The van der Waals surface area contributed by atoms with Gasteiger partial charge in [0, 0.05) is 16.2 Å². The first kappa shape index (κ1) is 15.1. The second kappa shape index (κ2) is 5.57. The third kappa shape index (κ3) is 3.21. The van der Waals surface area contributed by atoms with E-state index in [2.05, 4.69) is 30.8 Å². The Hall–Kier alpha value is -1.34. The smallest absolute Gasteiger partial charge is 0.264 e. The third-order valence-corrected chi connectivity index (χ3v) is 5.17. The molecule has 0 radical (unpaired) electrons. The van der Waals surface area contributed by atoms with Crippen LogP contribution in [0.2, 0.25) is 0 Å². The third-order valence-electron chi connectivity index (χ3n) is 2.84. The van der Waals surface area contributed by atoms with Crippen LogP contribution >= 0.6 is 15.9 Å². The quantitative estimate of drug-likeness (QED) is 0.880. The molecule has 2 aromatic rings.